The van der Waals surface area contributed by atoms with Gasteiger partial charge in [-0.25, -0.2) is 4.68 Å². The van der Waals surface area contributed by atoms with Crippen molar-refractivity contribution >= 4 is 0 Å². The first-order chi connectivity index (χ1) is 12.8. The summed E-state index contributed by atoms with van der Waals surface area (Å²) in [6.45, 7) is 4.44. The van der Waals surface area contributed by atoms with Gasteiger partial charge in [0.15, 0.2) is 0 Å². The Morgan fingerprint density at radius 1 is 1.00 bits per heavy atom. The molecule has 1 aliphatic rings. The Morgan fingerprint density at radius 3 is 2.62 bits per heavy atom. The van der Waals surface area contributed by atoms with Crippen LogP contribution >= 0.6 is 0 Å². The quantitative estimate of drug-likeness (QED) is 0.716. The van der Waals surface area contributed by atoms with Gasteiger partial charge < -0.3 is 0 Å². The topological polar surface area (TPSA) is 46.8 Å². The number of hydrogen-bond acceptors (Lipinski definition) is 4. The fourth-order valence-electron chi connectivity index (χ4n) is 3.84. The van der Waals surface area contributed by atoms with E-state index in [1.54, 1.807) is 0 Å². The van der Waals surface area contributed by atoms with Crippen LogP contribution < -0.4 is 0 Å². The van der Waals surface area contributed by atoms with Gasteiger partial charge in [0.2, 0.25) is 0 Å². The zero-order valence-corrected chi connectivity index (χ0v) is 15.2. The third-order valence-corrected chi connectivity index (χ3v) is 5.45. The lowest BCUT2D eigenvalue weighted by Crippen LogP contribution is -2.28. The highest BCUT2D eigenvalue weighted by Crippen LogP contribution is 2.30. The van der Waals surface area contributed by atoms with Crippen LogP contribution in [0.3, 0.4) is 0 Å². The molecule has 3 heterocycles. The first kappa shape index (κ1) is 16.9. The molecule has 3 aromatic rings. The van der Waals surface area contributed by atoms with Gasteiger partial charge in [-0.3, -0.25) is 9.88 Å². The maximum atomic E-state index is 4.44. The van der Waals surface area contributed by atoms with Crippen LogP contribution in [0.2, 0.25) is 0 Å². The number of hydrogen-bond donors (Lipinski definition) is 0. The van der Waals surface area contributed by atoms with Crippen molar-refractivity contribution in [2.45, 2.75) is 38.1 Å². The van der Waals surface area contributed by atoms with E-state index in [-0.39, 0.29) is 6.04 Å². The van der Waals surface area contributed by atoms with Gasteiger partial charge in [-0.15, -0.1) is 5.10 Å². The summed E-state index contributed by atoms with van der Waals surface area (Å²) < 4.78 is 1.86. The number of likely N-dealkylation sites (tertiary alicyclic amines) is 1. The predicted octanol–water partition coefficient (Wildman–Crippen LogP) is 3.99. The smallest absolute Gasteiger partial charge is 0.1000 e. The van der Waals surface area contributed by atoms with Crippen molar-refractivity contribution in [2.75, 3.05) is 13.1 Å². The van der Waals surface area contributed by atoms with E-state index >= 15 is 0 Å². The molecule has 0 bridgehead atoms. The standard InChI is InChI=1S/C21H25N5/c1-17(21-16-26(24-23-21)20-7-3-2-4-8-20)25-14-5-6-18(11-15-25)19-9-12-22-13-10-19/h2-4,7-10,12-13,16-18H,5-6,11,14-15H2,1H3. The molecular formula is C21H25N5. The van der Waals surface area contributed by atoms with E-state index < -0.39 is 0 Å². The molecule has 4 rings (SSSR count). The summed E-state index contributed by atoms with van der Waals surface area (Å²) in [5, 5.41) is 8.76. The van der Waals surface area contributed by atoms with Gasteiger partial charge in [-0.1, -0.05) is 23.4 Å². The number of nitrogens with zero attached hydrogens (tertiary/aromatic N) is 5. The van der Waals surface area contributed by atoms with Crippen LogP contribution in [0.5, 0.6) is 0 Å². The highest BCUT2D eigenvalue weighted by Gasteiger charge is 2.24. The van der Waals surface area contributed by atoms with Crippen LogP contribution in [0, 0.1) is 0 Å². The Morgan fingerprint density at radius 2 is 1.81 bits per heavy atom. The zero-order valence-electron chi connectivity index (χ0n) is 15.2. The Labute approximate surface area is 154 Å². The Kier molecular flexibility index (Phi) is 5.07. The van der Waals surface area contributed by atoms with Crippen molar-refractivity contribution in [2.24, 2.45) is 0 Å². The van der Waals surface area contributed by atoms with Crippen molar-refractivity contribution in [3.8, 4) is 5.69 Å². The average Bonchev–Trinajstić information content (AvgIpc) is 3.07. The number of aromatic nitrogens is 4. The van der Waals surface area contributed by atoms with E-state index in [9.17, 15) is 0 Å². The maximum Gasteiger partial charge on any atom is 0.1000 e. The molecular weight excluding hydrogens is 322 g/mol. The first-order valence-corrected chi connectivity index (χ1v) is 9.43. The molecule has 5 nitrogen and oxygen atoms in total. The third-order valence-electron chi connectivity index (χ3n) is 5.45. The van der Waals surface area contributed by atoms with Gasteiger partial charge in [0.25, 0.3) is 0 Å². The van der Waals surface area contributed by atoms with E-state index in [0.29, 0.717) is 5.92 Å². The molecule has 1 aliphatic heterocycles. The van der Waals surface area contributed by atoms with Crippen LogP contribution in [-0.4, -0.2) is 38.0 Å². The fourth-order valence-corrected chi connectivity index (χ4v) is 3.84. The molecule has 2 atom stereocenters. The first-order valence-electron chi connectivity index (χ1n) is 9.43. The Hall–Kier alpha value is -2.53. The molecule has 2 unspecified atom stereocenters. The van der Waals surface area contributed by atoms with Gasteiger partial charge in [0.05, 0.1) is 23.6 Å². The van der Waals surface area contributed by atoms with Crippen LogP contribution in [0.1, 0.15) is 49.4 Å². The minimum atomic E-state index is 0.281. The van der Waals surface area contributed by atoms with Crippen LogP contribution in [0.15, 0.2) is 61.1 Å². The summed E-state index contributed by atoms with van der Waals surface area (Å²) in [5.74, 6) is 0.634. The number of para-hydroxylation sites is 1. The fraction of sp³-hybridized carbons (Fsp3) is 0.381. The molecule has 0 spiro atoms. The van der Waals surface area contributed by atoms with Gasteiger partial charge in [0, 0.05) is 12.4 Å². The summed E-state index contributed by atoms with van der Waals surface area (Å²) in [4.78, 5) is 6.69. The molecule has 0 aliphatic carbocycles. The molecule has 1 saturated heterocycles. The van der Waals surface area contributed by atoms with E-state index in [0.717, 1.165) is 24.5 Å². The van der Waals surface area contributed by atoms with Crippen LogP contribution in [-0.2, 0) is 0 Å². The second-order valence-corrected chi connectivity index (χ2v) is 7.04. The Bertz CT molecular complexity index is 815. The molecule has 134 valence electrons. The van der Waals surface area contributed by atoms with Crippen molar-refractivity contribution in [3.63, 3.8) is 0 Å². The maximum absolute atomic E-state index is 4.44. The molecule has 2 aromatic heterocycles. The van der Waals surface area contributed by atoms with Crippen molar-refractivity contribution in [1.82, 2.24) is 24.9 Å². The molecule has 0 radical (unpaired) electrons. The molecule has 1 aromatic carbocycles. The molecule has 0 saturated carbocycles. The summed E-state index contributed by atoms with van der Waals surface area (Å²) >= 11 is 0. The second-order valence-electron chi connectivity index (χ2n) is 7.04. The van der Waals surface area contributed by atoms with Crippen molar-refractivity contribution in [1.29, 1.82) is 0 Å². The van der Waals surface area contributed by atoms with Crippen molar-refractivity contribution < 1.29 is 0 Å². The SMILES string of the molecule is CC(c1cn(-c2ccccc2)nn1)N1CCCC(c2ccncc2)CC1. The number of pyridine rings is 1. The van der Waals surface area contributed by atoms with Gasteiger partial charge in [0.1, 0.15) is 0 Å². The summed E-state index contributed by atoms with van der Waals surface area (Å²) in [5.41, 5.74) is 3.51. The lowest BCUT2D eigenvalue weighted by Gasteiger charge is -2.26. The second kappa shape index (κ2) is 7.79. The lowest BCUT2D eigenvalue weighted by molar-refractivity contribution is 0.214. The third kappa shape index (κ3) is 3.68. The monoisotopic (exact) mass is 347 g/mol. The van der Waals surface area contributed by atoms with E-state index in [2.05, 4.69) is 45.4 Å². The van der Waals surface area contributed by atoms with Crippen LogP contribution in [0.4, 0.5) is 0 Å². The molecule has 26 heavy (non-hydrogen) atoms. The zero-order chi connectivity index (χ0) is 17.8. The summed E-state index contributed by atoms with van der Waals surface area (Å²) in [6.07, 6.45) is 9.51. The highest BCUT2D eigenvalue weighted by molar-refractivity contribution is 5.30. The van der Waals surface area contributed by atoms with E-state index in [1.807, 2.05) is 47.4 Å². The number of benzene rings is 1. The van der Waals surface area contributed by atoms with Gasteiger partial charge in [-0.2, -0.15) is 0 Å². The van der Waals surface area contributed by atoms with E-state index in [1.165, 1.54) is 24.8 Å². The van der Waals surface area contributed by atoms with Gasteiger partial charge >= 0.3 is 0 Å². The molecule has 5 heteroatoms. The van der Waals surface area contributed by atoms with Crippen LogP contribution in [0.25, 0.3) is 5.69 Å². The highest BCUT2D eigenvalue weighted by atomic mass is 15.4. The minimum Gasteiger partial charge on any atom is -0.295 e. The average molecular weight is 347 g/mol. The van der Waals surface area contributed by atoms with E-state index in [4.69, 9.17) is 0 Å². The molecule has 0 N–H and O–H groups in total. The molecule has 0 amide bonds. The Balaban J connectivity index is 1.44. The largest absolute Gasteiger partial charge is 0.295 e. The van der Waals surface area contributed by atoms with Crippen molar-refractivity contribution in [3.05, 3.63) is 72.3 Å². The minimum absolute atomic E-state index is 0.281. The predicted molar refractivity (Wildman–Crippen MR) is 102 cm³/mol. The lowest BCUT2D eigenvalue weighted by atomic mass is 9.93. The van der Waals surface area contributed by atoms with Gasteiger partial charge in [-0.05, 0) is 75.0 Å². The normalized spacial score (nSPS) is 19.8. The summed E-state index contributed by atoms with van der Waals surface area (Å²) in [7, 11) is 0. The summed E-state index contributed by atoms with van der Waals surface area (Å²) in [6, 6.07) is 14.8. The molecule has 1 fully saturated rings. The number of rotatable bonds is 4.